The third kappa shape index (κ3) is 16.3. The van der Waals surface area contributed by atoms with E-state index in [4.69, 9.17) is 21.1 Å². The first-order valence-electron chi connectivity index (χ1n) is 24.0. The fraction of sp³-hybridized carbons (Fsp3) is 0.617. The zero-order valence-corrected chi connectivity index (χ0v) is 44.3. The van der Waals surface area contributed by atoms with Crippen LogP contribution in [0.2, 0.25) is 5.02 Å². The van der Waals surface area contributed by atoms with E-state index >= 15 is 4.39 Å². The van der Waals surface area contributed by atoms with E-state index in [1.54, 1.807) is 48.2 Å². The average molecular weight is 1120 g/mol. The number of alkyl halides is 1. The number of nitrogens with zero attached hydrogens (tertiary/aromatic N) is 3. The van der Waals surface area contributed by atoms with Gasteiger partial charge in [0.25, 0.3) is 5.91 Å². The van der Waals surface area contributed by atoms with E-state index in [0.29, 0.717) is 91.1 Å². The number of fused-ring (bicyclic) bond motifs is 1. The topological polar surface area (TPSA) is 213 Å². The zero-order valence-electron chi connectivity index (χ0n) is 39.6. The molecule has 4 aliphatic heterocycles. The minimum atomic E-state index is -4.09. The first-order chi connectivity index (χ1) is 33.4. The van der Waals surface area contributed by atoms with Gasteiger partial charge in [-0.3, -0.25) is 19.3 Å². The van der Waals surface area contributed by atoms with Crippen molar-refractivity contribution >= 4 is 82.9 Å². The number of nitrogens with one attached hydrogen (secondary N) is 4. The largest absolute Gasteiger partial charge is 0.377 e. The van der Waals surface area contributed by atoms with Crippen LogP contribution in [0.15, 0.2) is 63.3 Å². The predicted molar refractivity (Wildman–Crippen MR) is 272 cm³/mol. The lowest BCUT2D eigenvalue weighted by atomic mass is 9.93. The Morgan fingerprint density at radius 3 is 2.44 bits per heavy atom. The van der Waals surface area contributed by atoms with Crippen LogP contribution in [0.1, 0.15) is 64.7 Å². The monoisotopic (exact) mass is 1120 g/mol. The summed E-state index contributed by atoms with van der Waals surface area (Å²) in [6, 6.07) is 11.1. The predicted octanol–water partition coefficient (Wildman–Crippen LogP) is 4.89. The molecule has 0 aliphatic carbocycles. The van der Waals surface area contributed by atoms with Crippen LogP contribution in [0.3, 0.4) is 0 Å². The molecule has 0 unspecified atom stereocenters. The summed E-state index contributed by atoms with van der Waals surface area (Å²) >= 11 is 11.7. The second-order valence-corrected chi connectivity index (χ2v) is 24.6. The second-order valence-electron chi connectivity index (χ2n) is 18.1. The molecule has 0 saturated carbocycles. The highest BCUT2D eigenvalue weighted by molar-refractivity contribution is 9.10. The molecule has 23 heteroatoms. The molecule has 4 aliphatic rings. The molecular formula is C47H66BrClFN7O10S3. The average Bonchev–Trinajstić information content (AvgIpc) is 3.89. The molecule has 17 nitrogen and oxygen atoms in total. The number of halogens is 3. The summed E-state index contributed by atoms with van der Waals surface area (Å²) in [6.07, 6.45) is 5.63. The lowest BCUT2D eigenvalue weighted by Crippen LogP contribution is -2.53. The van der Waals surface area contributed by atoms with Crippen LogP contribution in [0, 0.1) is 0 Å². The Bertz CT molecular complexity index is 2370. The molecule has 4 N–H and O–H groups in total. The molecule has 0 radical (unpaired) electrons. The SMILES string of the molecule is C[C@H](/C=C\S(=O)(=O)CCCCCN1CCN(C(=O)COCCOCCNC(=O)CCCC[C@@H]2SC[C@@H]3NC(=O)N[C@@H]32)CC1)NC(=O)C1(F)CCN(S(=O)(=O)c2ccc(Br)cc2-c2ccccc2Cl)CC1. The number of unbranched alkanes of at least 4 members (excludes halogenated alkanes) is 3. The molecule has 4 fully saturated rings. The van der Waals surface area contributed by atoms with Gasteiger partial charge in [0.15, 0.2) is 15.5 Å². The highest BCUT2D eigenvalue weighted by Gasteiger charge is 2.45. The fourth-order valence-corrected chi connectivity index (χ4v) is 13.9. The fourth-order valence-electron chi connectivity index (χ4n) is 8.89. The highest BCUT2D eigenvalue weighted by Crippen LogP contribution is 2.38. The number of hydrogen-bond acceptors (Lipinski definition) is 12. The van der Waals surface area contributed by atoms with E-state index < -0.39 is 37.5 Å². The van der Waals surface area contributed by atoms with E-state index in [-0.39, 0.29) is 79.7 Å². The molecule has 70 heavy (non-hydrogen) atoms. The number of carbonyl (C=O) groups excluding carboxylic acids is 4. The maximum atomic E-state index is 16.0. The molecule has 4 atom stereocenters. The van der Waals surface area contributed by atoms with Crippen molar-refractivity contribution in [1.29, 1.82) is 0 Å². The summed E-state index contributed by atoms with van der Waals surface area (Å²) in [5, 5.41) is 13.2. The lowest BCUT2D eigenvalue weighted by Gasteiger charge is -2.35. The molecule has 6 rings (SSSR count). The van der Waals surface area contributed by atoms with Crippen molar-refractivity contribution in [2.45, 2.75) is 98.7 Å². The highest BCUT2D eigenvalue weighted by atomic mass is 79.9. The molecule has 2 aromatic carbocycles. The van der Waals surface area contributed by atoms with Crippen molar-refractivity contribution in [1.82, 2.24) is 35.4 Å². The minimum absolute atomic E-state index is 0.0136. The second kappa shape index (κ2) is 26.6. The van der Waals surface area contributed by atoms with Crippen molar-refractivity contribution in [3.05, 3.63) is 63.4 Å². The molecule has 0 bridgehead atoms. The molecular weight excluding hydrogens is 1050 g/mol. The van der Waals surface area contributed by atoms with Crippen LogP contribution in [-0.4, -0.2) is 174 Å². The van der Waals surface area contributed by atoms with Gasteiger partial charge in [0.2, 0.25) is 21.8 Å². The van der Waals surface area contributed by atoms with Crippen molar-refractivity contribution < 1.29 is 49.9 Å². The Morgan fingerprint density at radius 1 is 0.943 bits per heavy atom. The summed E-state index contributed by atoms with van der Waals surface area (Å²) in [7, 11) is -7.68. The van der Waals surface area contributed by atoms with Gasteiger partial charge in [-0.05, 0) is 63.4 Å². The van der Waals surface area contributed by atoms with Gasteiger partial charge >= 0.3 is 6.03 Å². The van der Waals surface area contributed by atoms with Gasteiger partial charge < -0.3 is 35.6 Å². The van der Waals surface area contributed by atoms with Gasteiger partial charge in [-0.1, -0.05) is 64.6 Å². The molecule has 388 valence electrons. The maximum absolute atomic E-state index is 16.0. The number of urea groups is 1. The van der Waals surface area contributed by atoms with Crippen LogP contribution in [0.5, 0.6) is 0 Å². The number of sulfonamides is 1. The Hall–Kier alpha value is -3.35. The van der Waals surface area contributed by atoms with E-state index in [9.17, 15) is 36.0 Å². The molecule has 4 heterocycles. The number of ether oxygens (including phenoxy) is 2. The van der Waals surface area contributed by atoms with Crippen molar-refractivity contribution in [3.63, 3.8) is 0 Å². The Balaban J connectivity index is 0.766. The normalized spacial score (nSPS) is 21.3. The Labute approximate surface area is 429 Å². The number of thioether (sulfide) groups is 1. The van der Waals surface area contributed by atoms with Gasteiger partial charge in [0.1, 0.15) is 6.61 Å². The number of benzene rings is 2. The van der Waals surface area contributed by atoms with Gasteiger partial charge in [-0.2, -0.15) is 16.1 Å². The van der Waals surface area contributed by atoms with Gasteiger partial charge in [0, 0.05) is 108 Å². The summed E-state index contributed by atoms with van der Waals surface area (Å²) < 4.78 is 82.1. The molecule has 0 aromatic heterocycles. The summed E-state index contributed by atoms with van der Waals surface area (Å²) in [4.78, 5) is 53.5. The van der Waals surface area contributed by atoms with Crippen molar-refractivity contribution in [3.8, 4) is 11.1 Å². The van der Waals surface area contributed by atoms with Crippen LogP contribution >= 0.6 is 39.3 Å². The molecule has 0 spiro atoms. The number of sulfone groups is 1. The summed E-state index contributed by atoms with van der Waals surface area (Å²) in [6.45, 7) is 5.70. The third-order valence-corrected chi connectivity index (χ3v) is 18.7. The summed E-state index contributed by atoms with van der Waals surface area (Å²) in [5.74, 6) is -0.177. The lowest BCUT2D eigenvalue weighted by molar-refractivity contribution is -0.138. The first kappa shape index (κ1) is 56.0. The smallest absolute Gasteiger partial charge is 0.315 e. The minimum Gasteiger partial charge on any atom is -0.377 e. The van der Waals surface area contributed by atoms with Crippen LogP contribution in [0.25, 0.3) is 11.1 Å². The molecule has 4 saturated heterocycles. The third-order valence-electron chi connectivity index (χ3n) is 13.0. The van der Waals surface area contributed by atoms with Gasteiger partial charge in [0.05, 0.1) is 42.6 Å². The summed E-state index contributed by atoms with van der Waals surface area (Å²) in [5.41, 5.74) is -1.42. The number of hydrogen-bond donors (Lipinski definition) is 4. The number of piperazine rings is 1. The van der Waals surface area contributed by atoms with Crippen LogP contribution < -0.4 is 21.3 Å². The standard InChI is InChI=1S/C47H66BrClFN7O10S3/c1-34(52-45(60)47(50)16-20-57(21-17-47)70(64,65)41-14-13-35(48)31-37(41)36-9-3-4-10-38(36)49)15-30-69(62,63)29-8-2-7-19-55-22-24-56(25-23-55)43(59)32-67-28-27-66-26-18-51-42(58)12-6-5-11-40-44-39(33-68-40)53-46(61)54-44/h3-4,9-10,13-15,30-31,34,39-40,44H,2,5-8,11-12,16-29,32-33H2,1H3,(H,51,58)(H,52,60)(H2,53,54,61)/b30-15-/t34-,39+,40+,44+/m1/s1. The van der Waals surface area contributed by atoms with Crippen molar-refractivity contribution in [2.75, 3.05) is 90.3 Å². The Kier molecular flexibility index (Phi) is 21.2. The molecule has 5 amide bonds. The number of carbonyl (C=O) groups is 4. The zero-order chi connectivity index (χ0) is 50.3. The first-order valence-corrected chi connectivity index (χ1v) is 29.4. The van der Waals surface area contributed by atoms with Crippen molar-refractivity contribution in [2.24, 2.45) is 0 Å². The van der Waals surface area contributed by atoms with E-state index in [1.807, 2.05) is 11.8 Å². The quantitative estimate of drug-likeness (QED) is 0.0734. The Morgan fingerprint density at radius 2 is 1.69 bits per heavy atom. The van der Waals surface area contributed by atoms with Gasteiger partial charge in [-0.25, -0.2) is 26.0 Å². The van der Waals surface area contributed by atoms with E-state index in [2.05, 4.69) is 42.1 Å². The van der Waals surface area contributed by atoms with E-state index in [0.717, 1.165) is 43.4 Å². The van der Waals surface area contributed by atoms with Crippen LogP contribution in [0.4, 0.5) is 9.18 Å². The number of amides is 5. The van der Waals surface area contributed by atoms with Crippen LogP contribution in [-0.2, 0) is 43.7 Å². The van der Waals surface area contributed by atoms with Gasteiger partial charge in [-0.15, -0.1) is 0 Å². The number of piperidine rings is 1. The maximum Gasteiger partial charge on any atom is 0.315 e. The van der Waals surface area contributed by atoms with E-state index in [1.165, 1.54) is 16.4 Å². The number of rotatable bonds is 26. The molecule has 2 aromatic rings.